The third-order valence-corrected chi connectivity index (χ3v) is 5.95. The van der Waals surface area contributed by atoms with Crippen LogP contribution in [0.1, 0.15) is 44.9 Å². The predicted octanol–water partition coefficient (Wildman–Crippen LogP) is 1.81. The third-order valence-electron chi connectivity index (χ3n) is 5.95. The minimum Gasteiger partial charge on any atom is -0.339 e. The van der Waals surface area contributed by atoms with Gasteiger partial charge in [0.05, 0.1) is 12.5 Å². The lowest BCUT2D eigenvalue weighted by atomic mass is 9.98. The molecule has 0 bridgehead atoms. The van der Waals surface area contributed by atoms with Crippen molar-refractivity contribution in [2.75, 3.05) is 19.6 Å². The molecule has 2 unspecified atom stereocenters. The van der Waals surface area contributed by atoms with Crippen molar-refractivity contribution in [3.8, 4) is 11.4 Å². The number of nitrogens with one attached hydrogen (secondary N) is 2. The number of piperidine rings is 1. The van der Waals surface area contributed by atoms with E-state index < -0.39 is 23.4 Å². The zero-order chi connectivity index (χ0) is 22.9. The fraction of sp³-hybridized carbons (Fsp3) is 0.476. The van der Waals surface area contributed by atoms with Gasteiger partial charge in [-0.2, -0.15) is 9.99 Å². The average molecular weight is 444 g/mol. The first-order valence-corrected chi connectivity index (χ1v) is 10.6. The van der Waals surface area contributed by atoms with Gasteiger partial charge < -0.3 is 9.84 Å². The first-order chi connectivity index (χ1) is 15.3. The van der Waals surface area contributed by atoms with Crippen molar-refractivity contribution in [3.05, 3.63) is 36.0 Å². The van der Waals surface area contributed by atoms with Crippen LogP contribution in [0.4, 0.5) is 9.18 Å². The van der Waals surface area contributed by atoms with E-state index in [2.05, 4.69) is 20.9 Å². The molecule has 1 aromatic heterocycles. The highest BCUT2D eigenvalue weighted by Gasteiger charge is 2.47. The molecular weight excluding hydrogens is 419 g/mol. The molecule has 0 spiro atoms. The SMILES string of the molecule is CCC1(C)NC(=O)N(NC(=O)CN2CCCC(c3nc(-c4cccc(F)c4)no3)C2)C1=O. The molecule has 0 aliphatic carbocycles. The van der Waals surface area contributed by atoms with Gasteiger partial charge in [0.1, 0.15) is 11.4 Å². The monoisotopic (exact) mass is 444 g/mol. The maximum absolute atomic E-state index is 13.5. The number of carbonyl (C=O) groups excluding carboxylic acids is 3. The Kier molecular flexibility index (Phi) is 5.92. The van der Waals surface area contributed by atoms with Gasteiger partial charge >= 0.3 is 6.03 Å². The van der Waals surface area contributed by atoms with Crippen molar-refractivity contribution in [2.45, 2.75) is 44.6 Å². The number of urea groups is 1. The number of likely N-dealkylation sites (tertiary alicyclic amines) is 1. The van der Waals surface area contributed by atoms with E-state index in [1.54, 1.807) is 26.0 Å². The van der Waals surface area contributed by atoms with E-state index in [0.29, 0.717) is 36.8 Å². The molecule has 2 saturated heterocycles. The molecule has 32 heavy (non-hydrogen) atoms. The van der Waals surface area contributed by atoms with E-state index in [4.69, 9.17) is 4.52 Å². The molecule has 2 atom stereocenters. The van der Waals surface area contributed by atoms with Gasteiger partial charge in [0, 0.05) is 12.1 Å². The summed E-state index contributed by atoms with van der Waals surface area (Å²) in [5, 5.41) is 7.30. The Balaban J connectivity index is 1.36. The number of hydrogen-bond acceptors (Lipinski definition) is 7. The van der Waals surface area contributed by atoms with E-state index in [9.17, 15) is 18.8 Å². The molecule has 0 saturated carbocycles. The van der Waals surface area contributed by atoms with Crippen LogP contribution in [0.25, 0.3) is 11.4 Å². The van der Waals surface area contributed by atoms with Crippen molar-refractivity contribution in [2.24, 2.45) is 0 Å². The molecular formula is C21H25FN6O4. The lowest BCUT2D eigenvalue weighted by molar-refractivity contribution is -0.139. The molecule has 3 heterocycles. The number of benzene rings is 1. The second-order valence-corrected chi connectivity index (χ2v) is 8.33. The number of amides is 4. The smallest absolute Gasteiger partial charge is 0.339 e. The highest BCUT2D eigenvalue weighted by molar-refractivity contribution is 6.07. The van der Waals surface area contributed by atoms with E-state index >= 15 is 0 Å². The van der Waals surface area contributed by atoms with Crippen LogP contribution < -0.4 is 10.7 Å². The molecule has 2 fully saturated rings. The lowest BCUT2D eigenvalue weighted by Gasteiger charge is -2.30. The zero-order valence-electron chi connectivity index (χ0n) is 17.9. The number of hydrazine groups is 1. The Labute approximate surface area is 184 Å². The maximum atomic E-state index is 13.5. The number of nitrogens with zero attached hydrogens (tertiary/aromatic N) is 4. The van der Waals surface area contributed by atoms with Gasteiger partial charge in [0.2, 0.25) is 11.7 Å². The van der Waals surface area contributed by atoms with Crippen LogP contribution >= 0.6 is 0 Å². The quantitative estimate of drug-likeness (QED) is 0.652. The first-order valence-electron chi connectivity index (χ1n) is 10.6. The first kappa shape index (κ1) is 21.9. The summed E-state index contributed by atoms with van der Waals surface area (Å²) < 4.78 is 18.9. The summed E-state index contributed by atoms with van der Waals surface area (Å²) in [6.45, 7) is 4.61. The Morgan fingerprint density at radius 2 is 2.22 bits per heavy atom. The molecule has 2 N–H and O–H groups in total. The number of aromatic nitrogens is 2. The summed E-state index contributed by atoms with van der Waals surface area (Å²) in [7, 11) is 0. The van der Waals surface area contributed by atoms with Crippen LogP contribution in [0.2, 0.25) is 0 Å². The largest absolute Gasteiger partial charge is 0.344 e. The second kappa shape index (κ2) is 8.65. The Morgan fingerprint density at radius 3 is 2.94 bits per heavy atom. The highest BCUT2D eigenvalue weighted by atomic mass is 19.1. The number of imide groups is 1. The Morgan fingerprint density at radius 1 is 1.41 bits per heavy atom. The van der Waals surface area contributed by atoms with Crippen LogP contribution in [-0.2, 0) is 9.59 Å². The molecule has 10 nitrogen and oxygen atoms in total. The summed E-state index contributed by atoms with van der Waals surface area (Å²) in [5.74, 6) is -0.653. The van der Waals surface area contributed by atoms with Crippen molar-refractivity contribution in [1.82, 2.24) is 30.8 Å². The molecule has 2 aliphatic heterocycles. The molecule has 11 heteroatoms. The van der Waals surface area contributed by atoms with Crippen molar-refractivity contribution in [1.29, 1.82) is 0 Å². The van der Waals surface area contributed by atoms with Crippen LogP contribution in [0.3, 0.4) is 0 Å². The van der Waals surface area contributed by atoms with Crippen molar-refractivity contribution >= 4 is 17.8 Å². The summed E-state index contributed by atoms with van der Waals surface area (Å²) in [5.41, 5.74) is 1.92. The topological polar surface area (TPSA) is 121 Å². The summed E-state index contributed by atoms with van der Waals surface area (Å²) in [6, 6.07) is 5.33. The van der Waals surface area contributed by atoms with Gasteiger partial charge in [0.15, 0.2) is 0 Å². The number of rotatable bonds is 6. The Bertz CT molecular complexity index is 1040. The zero-order valence-corrected chi connectivity index (χ0v) is 17.9. The summed E-state index contributed by atoms with van der Waals surface area (Å²) in [6.07, 6.45) is 2.04. The number of carbonyl (C=O) groups is 3. The molecule has 170 valence electrons. The van der Waals surface area contributed by atoms with Crippen LogP contribution in [0.5, 0.6) is 0 Å². The average Bonchev–Trinajstić information content (AvgIpc) is 3.34. The van der Waals surface area contributed by atoms with Gasteiger partial charge in [0.25, 0.3) is 11.8 Å². The van der Waals surface area contributed by atoms with E-state index in [1.165, 1.54) is 12.1 Å². The minimum absolute atomic E-state index is 0.0152. The van der Waals surface area contributed by atoms with Gasteiger partial charge in [-0.05, 0) is 44.9 Å². The summed E-state index contributed by atoms with van der Waals surface area (Å²) >= 11 is 0. The predicted molar refractivity (Wildman–Crippen MR) is 110 cm³/mol. The van der Waals surface area contributed by atoms with Crippen LogP contribution in [0.15, 0.2) is 28.8 Å². The van der Waals surface area contributed by atoms with Crippen molar-refractivity contribution < 1.29 is 23.3 Å². The van der Waals surface area contributed by atoms with E-state index in [-0.39, 0.29) is 18.3 Å². The highest BCUT2D eigenvalue weighted by Crippen LogP contribution is 2.27. The number of hydrogen-bond donors (Lipinski definition) is 2. The van der Waals surface area contributed by atoms with E-state index in [0.717, 1.165) is 17.9 Å². The minimum atomic E-state index is -1.02. The molecule has 4 amide bonds. The molecule has 1 aromatic carbocycles. The maximum Gasteiger partial charge on any atom is 0.344 e. The van der Waals surface area contributed by atoms with Gasteiger partial charge in [-0.15, -0.1) is 0 Å². The molecule has 2 aromatic rings. The molecule has 0 radical (unpaired) electrons. The van der Waals surface area contributed by atoms with Crippen LogP contribution in [0, 0.1) is 5.82 Å². The van der Waals surface area contributed by atoms with Crippen molar-refractivity contribution in [3.63, 3.8) is 0 Å². The fourth-order valence-electron chi connectivity index (χ4n) is 3.94. The second-order valence-electron chi connectivity index (χ2n) is 8.33. The Hall–Kier alpha value is -3.34. The fourth-order valence-corrected chi connectivity index (χ4v) is 3.94. The number of halogens is 1. The van der Waals surface area contributed by atoms with Gasteiger partial charge in [-0.1, -0.05) is 24.2 Å². The lowest BCUT2D eigenvalue weighted by Crippen LogP contribution is -2.51. The molecule has 2 aliphatic rings. The molecule has 4 rings (SSSR count). The normalized spacial score (nSPS) is 24.0. The van der Waals surface area contributed by atoms with Crippen LogP contribution in [-0.4, -0.2) is 63.1 Å². The third kappa shape index (κ3) is 4.33. The van der Waals surface area contributed by atoms with Gasteiger partial charge in [-0.3, -0.25) is 19.9 Å². The standard InChI is InChI=1S/C21H25FN6O4/c1-3-21(2)19(30)28(20(31)24-21)25-16(29)12-27-9-5-7-14(11-27)18-23-17(26-32-18)13-6-4-8-15(22)10-13/h4,6,8,10,14H,3,5,7,9,11-12H2,1-2H3,(H,24,31)(H,25,29). The summed E-state index contributed by atoms with van der Waals surface area (Å²) in [4.78, 5) is 43.3. The van der Waals surface area contributed by atoms with Gasteiger partial charge in [-0.25, -0.2) is 9.18 Å². The van der Waals surface area contributed by atoms with E-state index in [1.807, 2.05) is 4.90 Å².